The van der Waals surface area contributed by atoms with Crippen molar-refractivity contribution in [3.05, 3.63) is 59.2 Å². The molecule has 0 saturated carbocycles. The first-order valence-corrected chi connectivity index (χ1v) is 6.88. The lowest BCUT2D eigenvalue weighted by atomic mass is 10.1. The Kier molecular flexibility index (Phi) is 5.46. The number of benzene rings is 1. The van der Waals surface area contributed by atoms with E-state index >= 15 is 0 Å². The summed E-state index contributed by atoms with van der Waals surface area (Å²) in [7, 11) is 0. The van der Waals surface area contributed by atoms with Crippen molar-refractivity contribution < 1.29 is 14.7 Å². The van der Waals surface area contributed by atoms with Crippen LogP contribution in [0.4, 0.5) is 5.82 Å². The molecule has 2 aromatic rings. The molecule has 0 radical (unpaired) electrons. The van der Waals surface area contributed by atoms with Gasteiger partial charge in [-0.25, -0.2) is 4.98 Å². The average molecular weight is 320 g/mol. The zero-order valence-electron chi connectivity index (χ0n) is 11.5. The zero-order valence-corrected chi connectivity index (χ0v) is 12.2. The summed E-state index contributed by atoms with van der Waals surface area (Å²) < 4.78 is 0. The van der Waals surface area contributed by atoms with E-state index < -0.39 is 17.9 Å². The van der Waals surface area contributed by atoms with E-state index in [-0.39, 0.29) is 12.4 Å². The van der Waals surface area contributed by atoms with Gasteiger partial charge in [-0.05, 0) is 17.7 Å². The summed E-state index contributed by atoms with van der Waals surface area (Å²) in [4.78, 5) is 27.2. The van der Waals surface area contributed by atoms with Crippen LogP contribution >= 0.6 is 11.6 Å². The maximum atomic E-state index is 11.7. The maximum Gasteiger partial charge on any atom is 0.314 e. The van der Waals surface area contributed by atoms with Crippen molar-refractivity contribution in [2.75, 3.05) is 11.9 Å². The third kappa shape index (κ3) is 4.54. The molecule has 0 aliphatic heterocycles. The van der Waals surface area contributed by atoms with E-state index in [0.717, 1.165) is 0 Å². The highest BCUT2D eigenvalue weighted by Crippen LogP contribution is 2.11. The van der Waals surface area contributed by atoms with Crippen molar-refractivity contribution >= 4 is 29.2 Å². The molecule has 1 atom stereocenters. The number of carbonyl (C=O) groups is 2. The number of carbonyl (C=O) groups excluding carboxylic acids is 2. The molecule has 0 fully saturated rings. The number of aliphatic hydroxyl groups excluding tert-OH is 1. The zero-order chi connectivity index (χ0) is 15.9. The number of pyridine rings is 1. The quantitative estimate of drug-likeness (QED) is 0.745. The molecule has 0 aliphatic carbocycles. The first-order chi connectivity index (χ1) is 10.6. The molecule has 6 nitrogen and oxygen atoms in total. The Hall–Kier alpha value is -2.44. The molecule has 1 aromatic carbocycles. The Morgan fingerprint density at radius 1 is 1.14 bits per heavy atom. The molecule has 1 heterocycles. The fourth-order valence-corrected chi connectivity index (χ4v) is 1.80. The van der Waals surface area contributed by atoms with E-state index in [2.05, 4.69) is 15.6 Å². The molecular formula is C15H14ClN3O3. The Balaban J connectivity index is 1.84. The number of rotatable bonds is 4. The minimum Gasteiger partial charge on any atom is -0.387 e. The topological polar surface area (TPSA) is 91.3 Å². The van der Waals surface area contributed by atoms with Gasteiger partial charge in [0.05, 0.1) is 11.1 Å². The number of aliphatic hydroxyl groups is 1. The smallest absolute Gasteiger partial charge is 0.314 e. The van der Waals surface area contributed by atoms with Gasteiger partial charge >= 0.3 is 11.8 Å². The van der Waals surface area contributed by atoms with Crippen molar-refractivity contribution in [3.8, 4) is 0 Å². The highest BCUT2D eigenvalue weighted by Gasteiger charge is 2.16. The fourth-order valence-electron chi connectivity index (χ4n) is 1.69. The highest BCUT2D eigenvalue weighted by atomic mass is 35.5. The van der Waals surface area contributed by atoms with Crippen molar-refractivity contribution in [3.63, 3.8) is 0 Å². The highest BCUT2D eigenvalue weighted by molar-refractivity contribution is 6.39. The molecular weight excluding hydrogens is 306 g/mol. The third-order valence-electron chi connectivity index (χ3n) is 2.82. The van der Waals surface area contributed by atoms with Crippen LogP contribution in [0.3, 0.4) is 0 Å². The van der Waals surface area contributed by atoms with Crippen LogP contribution in [0.25, 0.3) is 0 Å². The van der Waals surface area contributed by atoms with Crippen LogP contribution in [-0.4, -0.2) is 28.4 Å². The molecule has 7 heteroatoms. The minimum atomic E-state index is -0.883. The van der Waals surface area contributed by atoms with Crippen LogP contribution in [0.1, 0.15) is 11.7 Å². The first kappa shape index (κ1) is 15.9. The molecule has 3 N–H and O–H groups in total. The maximum absolute atomic E-state index is 11.7. The van der Waals surface area contributed by atoms with Crippen molar-refractivity contribution in [2.24, 2.45) is 0 Å². The summed E-state index contributed by atoms with van der Waals surface area (Å²) >= 11 is 5.67. The van der Waals surface area contributed by atoms with Crippen LogP contribution in [0.2, 0.25) is 5.02 Å². The number of amides is 2. The van der Waals surface area contributed by atoms with E-state index in [0.29, 0.717) is 10.6 Å². The van der Waals surface area contributed by atoms with Gasteiger partial charge in [0, 0.05) is 12.7 Å². The van der Waals surface area contributed by atoms with E-state index in [1.165, 1.54) is 12.3 Å². The van der Waals surface area contributed by atoms with E-state index in [1.54, 1.807) is 30.3 Å². The van der Waals surface area contributed by atoms with E-state index in [4.69, 9.17) is 11.6 Å². The number of hydrogen-bond acceptors (Lipinski definition) is 4. The van der Waals surface area contributed by atoms with Gasteiger partial charge in [-0.3, -0.25) is 9.59 Å². The standard InChI is InChI=1S/C15H14ClN3O3/c16-11-6-7-13(17-8-11)19-15(22)14(21)18-9-12(20)10-4-2-1-3-5-10/h1-8,12,20H,9H2,(H,18,21)(H,17,19,22). The van der Waals surface area contributed by atoms with E-state index in [9.17, 15) is 14.7 Å². The predicted octanol–water partition coefficient (Wildman–Crippen LogP) is 1.52. The largest absolute Gasteiger partial charge is 0.387 e. The van der Waals surface area contributed by atoms with Gasteiger partial charge in [0.15, 0.2) is 0 Å². The predicted molar refractivity (Wildman–Crippen MR) is 82.3 cm³/mol. The number of anilines is 1. The molecule has 114 valence electrons. The number of nitrogens with one attached hydrogen (secondary N) is 2. The Bertz CT molecular complexity index is 647. The van der Waals surface area contributed by atoms with Crippen LogP contribution in [0.5, 0.6) is 0 Å². The molecule has 0 aliphatic rings. The number of hydrogen-bond donors (Lipinski definition) is 3. The number of aromatic nitrogens is 1. The normalized spacial score (nSPS) is 11.5. The van der Waals surface area contributed by atoms with Crippen molar-refractivity contribution in [1.82, 2.24) is 10.3 Å². The first-order valence-electron chi connectivity index (χ1n) is 6.50. The summed E-state index contributed by atoms with van der Waals surface area (Å²) in [6.07, 6.45) is 0.473. The van der Waals surface area contributed by atoms with Gasteiger partial charge in [0.2, 0.25) is 0 Å². The summed E-state index contributed by atoms with van der Waals surface area (Å²) in [5.41, 5.74) is 0.655. The summed E-state index contributed by atoms with van der Waals surface area (Å²) in [6.45, 7) is -0.0652. The second-order valence-corrected chi connectivity index (χ2v) is 4.89. The molecule has 0 bridgehead atoms. The Labute approximate surface area is 132 Å². The van der Waals surface area contributed by atoms with Crippen LogP contribution in [-0.2, 0) is 9.59 Å². The average Bonchev–Trinajstić information content (AvgIpc) is 2.55. The molecule has 2 rings (SSSR count). The molecule has 2 amide bonds. The second kappa shape index (κ2) is 7.53. The lowest BCUT2D eigenvalue weighted by molar-refractivity contribution is -0.136. The van der Waals surface area contributed by atoms with Gasteiger partial charge in [-0.2, -0.15) is 0 Å². The van der Waals surface area contributed by atoms with Gasteiger partial charge in [0.1, 0.15) is 5.82 Å². The molecule has 0 saturated heterocycles. The summed E-state index contributed by atoms with van der Waals surface area (Å²) in [5.74, 6) is -1.50. The van der Waals surface area contributed by atoms with Crippen molar-refractivity contribution in [2.45, 2.75) is 6.10 Å². The molecule has 1 unspecified atom stereocenters. The van der Waals surface area contributed by atoms with Crippen molar-refractivity contribution in [1.29, 1.82) is 0 Å². The van der Waals surface area contributed by atoms with Gasteiger partial charge in [-0.1, -0.05) is 41.9 Å². The molecule has 0 spiro atoms. The fraction of sp³-hybridized carbons (Fsp3) is 0.133. The van der Waals surface area contributed by atoms with Gasteiger partial charge < -0.3 is 15.7 Å². The third-order valence-corrected chi connectivity index (χ3v) is 3.04. The van der Waals surface area contributed by atoms with Crippen LogP contribution < -0.4 is 10.6 Å². The monoisotopic (exact) mass is 319 g/mol. The lowest BCUT2D eigenvalue weighted by Crippen LogP contribution is -2.37. The van der Waals surface area contributed by atoms with Gasteiger partial charge in [0.25, 0.3) is 0 Å². The van der Waals surface area contributed by atoms with E-state index in [1.807, 2.05) is 6.07 Å². The number of nitrogens with zero attached hydrogens (tertiary/aromatic N) is 1. The summed E-state index contributed by atoms with van der Waals surface area (Å²) in [5, 5.41) is 15.0. The second-order valence-electron chi connectivity index (χ2n) is 4.45. The van der Waals surface area contributed by atoms with Crippen LogP contribution in [0, 0.1) is 0 Å². The Morgan fingerprint density at radius 2 is 1.86 bits per heavy atom. The minimum absolute atomic E-state index is 0.0652. The molecule has 1 aromatic heterocycles. The van der Waals surface area contributed by atoms with Crippen LogP contribution in [0.15, 0.2) is 48.7 Å². The SMILES string of the molecule is O=C(NCC(O)c1ccccc1)C(=O)Nc1ccc(Cl)cn1. The summed E-state index contributed by atoms with van der Waals surface area (Å²) in [6, 6.07) is 11.9. The van der Waals surface area contributed by atoms with Gasteiger partial charge in [-0.15, -0.1) is 0 Å². The molecule has 22 heavy (non-hydrogen) atoms. The number of halogens is 1. The Morgan fingerprint density at radius 3 is 2.50 bits per heavy atom. The lowest BCUT2D eigenvalue weighted by Gasteiger charge is -2.12.